The summed E-state index contributed by atoms with van der Waals surface area (Å²) in [4.78, 5) is 6.56. The minimum Gasteiger partial charge on any atom is -0.485 e. The number of benzene rings is 3. The third kappa shape index (κ3) is 4.92. The Morgan fingerprint density at radius 2 is 1.63 bits per heavy atom. The lowest BCUT2D eigenvalue weighted by atomic mass is 9.99. The van der Waals surface area contributed by atoms with E-state index in [9.17, 15) is 0 Å². The van der Waals surface area contributed by atoms with Gasteiger partial charge in [0.1, 0.15) is 12.4 Å². The summed E-state index contributed by atoms with van der Waals surface area (Å²) in [7, 11) is 0. The summed E-state index contributed by atoms with van der Waals surface area (Å²) in [6.45, 7) is 5.45. The molecule has 0 aromatic heterocycles. The quantitative estimate of drug-likeness (QED) is 0.534. The van der Waals surface area contributed by atoms with Crippen molar-refractivity contribution in [2.24, 2.45) is 4.99 Å². The molecule has 0 spiro atoms. The molecule has 5 heteroatoms. The fourth-order valence-electron chi connectivity index (χ4n) is 3.53. The van der Waals surface area contributed by atoms with Crippen molar-refractivity contribution in [2.75, 3.05) is 25.4 Å². The number of aliphatic imine (C=N–C) groups is 1. The van der Waals surface area contributed by atoms with Gasteiger partial charge in [-0.05, 0) is 41.5 Å². The van der Waals surface area contributed by atoms with Crippen molar-refractivity contribution >= 4 is 12.0 Å². The monoisotopic (exact) mass is 401 g/mol. The van der Waals surface area contributed by atoms with Crippen molar-refractivity contribution in [1.29, 1.82) is 0 Å². The molecule has 0 radical (unpaired) electrons. The smallest absolute Gasteiger partial charge is 0.169 e. The number of para-hydroxylation sites is 3. The zero-order chi connectivity index (χ0) is 20.8. The molecular weight excluding hydrogens is 374 g/mol. The molecule has 0 saturated heterocycles. The molecule has 0 bridgehead atoms. The second kappa shape index (κ2) is 9.35. The van der Waals surface area contributed by atoms with Crippen LogP contribution < -0.4 is 15.2 Å². The Bertz CT molecular complexity index is 1000. The highest BCUT2D eigenvalue weighted by Crippen LogP contribution is 2.36. The fourth-order valence-corrected chi connectivity index (χ4v) is 3.53. The first-order chi connectivity index (χ1) is 14.7. The largest absolute Gasteiger partial charge is 0.485 e. The molecular formula is C25H27N3O2. The van der Waals surface area contributed by atoms with E-state index in [-0.39, 0.29) is 0 Å². The van der Waals surface area contributed by atoms with E-state index >= 15 is 0 Å². The molecule has 1 heterocycles. The molecule has 1 aliphatic heterocycles. The number of nitrogens with two attached hydrogens (primary N) is 1. The van der Waals surface area contributed by atoms with E-state index in [4.69, 9.17) is 15.2 Å². The molecule has 0 aliphatic carbocycles. The van der Waals surface area contributed by atoms with Gasteiger partial charge in [0.2, 0.25) is 0 Å². The van der Waals surface area contributed by atoms with Crippen LogP contribution in [-0.2, 0) is 6.61 Å². The maximum absolute atomic E-state index is 6.34. The summed E-state index contributed by atoms with van der Waals surface area (Å²) in [6.07, 6.45) is 1.94. The van der Waals surface area contributed by atoms with Crippen LogP contribution in [-0.4, -0.2) is 30.9 Å². The van der Waals surface area contributed by atoms with Gasteiger partial charge in [0.05, 0.1) is 12.9 Å². The van der Waals surface area contributed by atoms with Gasteiger partial charge in [-0.2, -0.15) is 0 Å². The van der Waals surface area contributed by atoms with Gasteiger partial charge in [0.25, 0.3) is 0 Å². The van der Waals surface area contributed by atoms with Crippen LogP contribution >= 0.6 is 0 Å². The average molecular weight is 402 g/mol. The molecule has 5 nitrogen and oxygen atoms in total. The van der Waals surface area contributed by atoms with Gasteiger partial charge < -0.3 is 20.1 Å². The summed E-state index contributed by atoms with van der Waals surface area (Å²) < 4.78 is 12.4. The fraction of sp³-hybridized carbons (Fsp3) is 0.240. The number of hydrogen-bond acceptors (Lipinski definition) is 5. The number of ether oxygens (including phenoxy) is 2. The highest BCUT2D eigenvalue weighted by atomic mass is 16.5. The van der Waals surface area contributed by atoms with E-state index < -0.39 is 0 Å². The third-order valence-electron chi connectivity index (χ3n) is 5.16. The van der Waals surface area contributed by atoms with Crippen molar-refractivity contribution in [3.63, 3.8) is 0 Å². The summed E-state index contributed by atoms with van der Waals surface area (Å²) in [5.74, 6) is 2.58. The lowest BCUT2D eigenvalue weighted by Crippen LogP contribution is -2.24. The normalized spacial score (nSPS) is 14.0. The Morgan fingerprint density at radius 3 is 2.37 bits per heavy atom. The molecule has 0 saturated carbocycles. The highest BCUT2D eigenvalue weighted by Gasteiger charge is 2.17. The van der Waals surface area contributed by atoms with Gasteiger partial charge in [-0.3, -0.25) is 4.99 Å². The molecule has 1 aliphatic rings. The molecule has 30 heavy (non-hydrogen) atoms. The molecule has 2 N–H and O–H groups in total. The van der Waals surface area contributed by atoms with Crippen molar-refractivity contribution < 1.29 is 9.47 Å². The van der Waals surface area contributed by atoms with Crippen molar-refractivity contribution in [3.8, 4) is 17.2 Å². The van der Waals surface area contributed by atoms with Crippen LogP contribution in [0.2, 0.25) is 0 Å². The zero-order valence-electron chi connectivity index (χ0n) is 17.2. The first-order valence-electron chi connectivity index (χ1n) is 10.3. The van der Waals surface area contributed by atoms with Gasteiger partial charge in [0, 0.05) is 24.7 Å². The Kier molecular flexibility index (Phi) is 6.18. The predicted octanol–water partition coefficient (Wildman–Crippen LogP) is 5.09. The molecule has 3 aromatic rings. The van der Waals surface area contributed by atoms with E-state index in [2.05, 4.69) is 28.9 Å². The van der Waals surface area contributed by atoms with E-state index in [0.29, 0.717) is 24.0 Å². The van der Waals surface area contributed by atoms with Gasteiger partial charge in [0.15, 0.2) is 11.5 Å². The molecule has 154 valence electrons. The van der Waals surface area contributed by atoms with Crippen LogP contribution in [0, 0.1) is 0 Å². The van der Waals surface area contributed by atoms with Gasteiger partial charge in [-0.15, -0.1) is 0 Å². The second-order valence-electron chi connectivity index (χ2n) is 7.53. The van der Waals surface area contributed by atoms with Crippen molar-refractivity contribution in [3.05, 3.63) is 83.9 Å². The van der Waals surface area contributed by atoms with E-state index in [1.54, 1.807) is 0 Å². The zero-order valence-corrected chi connectivity index (χ0v) is 17.2. The van der Waals surface area contributed by atoms with E-state index in [1.807, 2.05) is 67.0 Å². The topological polar surface area (TPSA) is 60.1 Å². The van der Waals surface area contributed by atoms with E-state index in [0.717, 1.165) is 36.6 Å². The van der Waals surface area contributed by atoms with Crippen LogP contribution in [0.5, 0.6) is 17.2 Å². The van der Waals surface area contributed by atoms with Gasteiger partial charge in [-0.1, -0.05) is 49.4 Å². The highest BCUT2D eigenvalue weighted by molar-refractivity contribution is 5.57. The van der Waals surface area contributed by atoms with Crippen LogP contribution in [0.25, 0.3) is 0 Å². The van der Waals surface area contributed by atoms with Crippen LogP contribution in [0.15, 0.2) is 77.8 Å². The lowest BCUT2D eigenvalue weighted by Gasteiger charge is -2.22. The molecule has 0 fully saturated rings. The molecule has 4 rings (SSSR count). The Hall–Kier alpha value is -3.47. The standard InChI is InChI=1S/C25H27N3O2/c1-19(16-28-15-14-27-18-28)22-6-2-3-7-23(22)30-25-9-5-4-8-24(25)29-17-20-10-12-21(26)13-11-20/h2-13,18-19H,14-17,26H2,1H3. The number of nitrogens with zero attached hydrogens (tertiary/aromatic N) is 2. The number of nitrogen functional groups attached to an aromatic ring is 1. The molecule has 3 aromatic carbocycles. The van der Waals surface area contributed by atoms with Crippen LogP contribution in [0.3, 0.4) is 0 Å². The van der Waals surface area contributed by atoms with Gasteiger partial charge in [-0.25, -0.2) is 0 Å². The number of hydrogen-bond donors (Lipinski definition) is 1. The van der Waals surface area contributed by atoms with Crippen LogP contribution in [0.1, 0.15) is 24.0 Å². The molecule has 1 unspecified atom stereocenters. The molecule has 1 atom stereocenters. The first kappa shape index (κ1) is 19.8. The lowest BCUT2D eigenvalue weighted by molar-refractivity contribution is 0.291. The molecule has 0 amide bonds. The Balaban J connectivity index is 1.49. The maximum atomic E-state index is 6.34. The average Bonchev–Trinajstić information content (AvgIpc) is 3.28. The number of anilines is 1. The van der Waals surface area contributed by atoms with Crippen molar-refractivity contribution in [1.82, 2.24) is 4.90 Å². The predicted molar refractivity (Wildman–Crippen MR) is 121 cm³/mol. The number of rotatable bonds is 8. The minimum atomic E-state index is 0.314. The Morgan fingerprint density at radius 1 is 0.933 bits per heavy atom. The summed E-state index contributed by atoms with van der Waals surface area (Å²) in [6, 6.07) is 23.7. The Labute approximate surface area is 177 Å². The SMILES string of the molecule is CC(CN1C=NCC1)c1ccccc1Oc1ccccc1OCc1ccc(N)cc1. The van der Waals surface area contributed by atoms with Crippen molar-refractivity contribution in [2.45, 2.75) is 19.4 Å². The maximum Gasteiger partial charge on any atom is 0.169 e. The second-order valence-corrected chi connectivity index (χ2v) is 7.53. The van der Waals surface area contributed by atoms with Gasteiger partial charge >= 0.3 is 0 Å². The summed E-state index contributed by atoms with van der Waals surface area (Å²) in [5.41, 5.74) is 8.73. The summed E-state index contributed by atoms with van der Waals surface area (Å²) >= 11 is 0. The first-order valence-corrected chi connectivity index (χ1v) is 10.3. The van der Waals surface area contributed by atoms with Crippen LogP contribution in [0.4, 0.5) is 5.69 Å². The third-order valence-corrected chi connectivity index (χ3v) is 5.16. The minimum absolute atomic E-state index is 0.314. The van der Waals surface area contributed by atoms with E-state index in [1.165, 1.54) is 5.56 Å². The summed E-state index contributed by atoms with van der Waals surface area (Å²) in [5, 5.41) is 0.